The van der Waals surface area contributed by atoms with Crippen molar-refractivity contribution in [3.8, 4) is 0 Å². The van der Waals surface area contributed by atoms with Gasteiger partial charge in [-0.2, -0.15) is 0 Å². The summed E-state index contributed by atoms with van der Waals surface area (Å²) in [6.07, 6.45) is 1.58. The van der Waals surface area contributed by atoms with Gasteiger partial charge in [0.25, 0.3) is 21.8 Å². The number of anilines is 2. The Morgan fingerprint density at radius 1 is 0.917 bits per heavy atom. The molecule has 0 atom stereocenters. The Labute approximate surface area is 216 Å². The average Bonchev–Trinajstić information content (AvgIpc) is 3.52. The van der Waals surface area contributed by atoms with Crippen LogP contribution >= 0.6 is 22.7 Å². The quantitative estimate of drug-likeness (QED) is 0.284. The number of thiophene rings is 2. The molecule has 3 heterocycles. The van der Waals surface area contributed by atoms with Gasteiger partial charge in [0.1, 0.15) is 5.70 Å². The van der Waals surface area contributed by atoms with Crippen molar-refractivity contribution in [2.45, 2.75) is 18.7 Å². The molecule has 0 bridgehead atoms. The first-order valence-electron chi connectivity index (χ1n) is 10.6. The minimum Gasteiger partial charge on any atom is -0.321 e. The number of hydrogen-bond acceptors (Lipinski definition) is 8. The van der Waals surface area contributed by atoms with Gasteiger partial charge in [-0.15, -0.1) is 22.7 Å². The molecular formula is C24H21N5O4S3. The van der Waals surface area contributed by atoms with E-state index >= 15 is 0 Å². The maximum Gasteiger partial charge on any atom is 0.272 e. The zero-order valence-electron chi connectivity index (χ0n) is 19.2. The summed E-state index contributed by atoms with van der Waals surface area (Å²) < 4.78 is 27.9. The Morgan fingerprint density at radius 2 is 1.58 bits per heavy atom. The molecule has 1 aromatic carbocycles. The van der Waals surface area contributed by atoms with E-state index in [4.69, 9.17) is 0 Å². The summed E-state index contributed by atoms with van der Waals surface area (Å²) in [5.74, 6) is -0.968. The molecule has 0 saturated carbocycles. The highest BCUT2D eigenvalue weighted by atomic mass is 32.2. The molecule has 0 spiro atoms. The molecule has 36 heavy (non-hydrogen) atoms. The minimum atomic E-state index is -3.94. The van der Waals surface area contributed by atoms with E-state index in [1.165, 1.54) is 46.9 Å². The van der Waals surface area contributed by atoms with Gasteiger partial charge in [0, 0.05) is 22.0 Å². The summed E-state index contributed by atoms with van der Waals surface area (Å²) in [6, 6.07) is 14.4. The zero-order valence-corrected chi connectivity index (χ0v) is 21.6. The molecule has 9 nitrogen and oxygen atoms in total. The number of amides is 2. The molecule has 3 aromatic heterocycles. The number of carbonyl (C=O) groups excluding carboxylic acids is 2. The zero-order chi connectivity index (χ0) is 25.7. The first kappa shape index (κ1) is 25.2. The lowest BCUT2D eigenvalue weighted by molar-refractivity contribution is -0.113. The van der Waals surface area contributed by atoms with Crippen molar-refractivity contribution in [3.05, 3.63) is 92.2 Å². The first-order valence-corrected chi connectivity index (χ1v) is 13.8. The molecule has 3 N–H and O–H groups in total. The van der Waals surface area contributed by atoms with Crippen molar-refractivity contribution >= 4 is 62.2 Å². The fourth-order valence-corrected chi connectivity index (χ4v) is 5.35. The summed E-state index contributed by atoms with van der Waals surface area (Å²) in [5.41, 5.74) is 1.68. The molecule has 0 radical (unpaired) electrons. The molecular weight excluding hydrogens is 518 g/mol. The molecule has 184 valence electrons. The van der Waals surface area contributed by atoms with Crippen LogP contribution in [0.25, 0.3) is 6.08 Å². The number of hydrogen-bond donors (Lipinski definition) is 3. The molecule has 4 rings (SSSR count). The van der Waals surface area contributed by atoms with Gasteiger partial charge in [0.05, 0.1) is 9.77 Å². The third-order valence-electron chi connectivity index (χ3n) is 4.70. The largest absolute Gasteiger partial charge is 0.321 e. The minimum absolute atomic E-state index is 0.0188. The van der Waals surface area contributed by atoms with Crippen LogP contribution in [-0.4, -0.2) is 30.2 Å². The van der Waals surface area contributed by atoms with Gasteiger partial charge < -0.3 is 10.6 Å². The van der Waals surface area contributed by atoms with Crippen LogP contribution in [0.5, 0.6) is 0 Å². The molecule has 4 aromatic rings. The van der Waals surface area contributed by atoms with Crippen LogP contribution in [0.1, 0.15) is 25.9 Å². The van der Waals surface area contributed by atoms with Gasteiger partial charge in [-0.3, -0.25) is 9.59 Å². The summed E-state index contributed by atoms with van der Waals surface area (Å²) in [5, 5.41) is 8.98. The Morgan fingerprint density at radius 3 is 2.19 bits per heavy atom. The second-order valence-electron chi connectivity index (χ2n) is 7.56. The third-order valence-corrected chi connectivity index (χ3v) is 7.73. The highest BCUT2D eigenvalue weighted by Crippen LogP contribution is 2.19. The van der Waals surface area contributed by atoms with E-state index in [1.54, 1.807) is 43.5 Å². The number of nitrogens with zero attached hydrogens (tertiary/aromatic N) is 2. The van der Waals surface area contributed by atoms with Crippen LogP contribution in [0, 0.1) is 13.8 Å². The highest BCUT2D eigenvalue weighted by molar-refractivity contribution is 7.92. The van der Waals surface area contributed by atoms with Crippen LogP contribution in [0.4, 0.5) is 11.6 Å². The topological polar surface area (TPSA) is 130 Å². The van der Waals surface area contributed by atoms with Crippen molar-refractivity contribution in [1.29, 1.82) is 0 Å². The normalized spacial score (nSPS) is 11.7. The molecule has 0 aliphatic carbocycles. The SMILES string of the molecule is Cc1cc(C)nc(NS(=O)(=O)c2ccc(NC(=O)/C(=C/c3cccs3)NC(=O)c3cccs3)cc2)n1. The second-order valence-corrected chi connectivity index (χ2v) is 11.2. The standard InChI is InChI=1S/C24H21N5O4S3/c1-15-13-16(2)26-24(25-15)29-36(32,33)19-9-7-17(8-10-19)27-22(30)20(14-18-5-3-11-34-18)28-23(31)21-6-4-12-35-21/h3-14H,1-2H3,(H,27,30)(H,28,31)(H,25,26,29)/b20-14-. The van der Waals surface area contributed by atoms with E-state index in [0.29, 0.717) is 22.0 Å². The fourth-order valence-electron chi connectivity index (χ4n) is 3.13. The molecule has 0 aliphatic heterocycles. The van der Waals surface area contributed by atoms with E-state index in [0.717, 1.165) is 4.88 Å². The number of aryl methyl sites for hydroxylation is 2. The lowest BCUT2D eigenvalue weighted by atomic mass is 10.2. The van der Waals surface area contributed by atoms with Crippen molar-refractivity contribution < 1.29 is 18.0 Å². The van der Waals surface area contributed by atoms with Gasteiger partial charge in [-0.1, -0.05) is 12.1 Å². The van der Waals surface area contributed by atoms with E-state index in [-0.39, 0.29) is 16.5 Å². The lowest BCUT2D eigenvalue weighted by Gasteiger charge is -2.11. The summed E-state index contributed by atoms with van der Waals surface area (Å²) in [7, 11) is -3.94. The lowest BCUT2D eigenvalue weighted by Crippen LogP contribution is -2.30. The fraction of sp³-hybridized carbons (Fsp3) is 0.0833. The molecule has 0 saturated heterocycles. The van der Waals surface area contributed by atoms with Crippen molar-refractivity contribution in [3.63, 3.8) is 0 Å². The maximum atomic E-state index is 13.0. The van der Waals surface area contributed by atoms with Gasteiger partial charge in [0.2, 0.25) is 5.95 Å². The average molecular weight is 540 g/mol. The second kappa shape index (κ2) is 10.8. The van der Waals surface area contributed by atoms with Crippen LogP contribution in [0.2, 0.25) is 0 Å². The number of carbonyl (C=O) groups is 2. The van der Waals surface area contributed by atoms with Crippen LogP contribution < -0.4 is 15.4 Å². The molecule has 0 fully saturated rings. The number of aromatic nitrogens is 2. The van der Waals surface area contributed by atoms with Gasteiger partial charge in [-0.25, -0.2) is 23.1 Å². The predicted molar refractivity (Wildman–Crippen MR) is 141 cm³/mol. The van der Waals surface area contributed by atoms with Gasteiger partial charge >= 0.3 is 0 Å². The number of nitrogens with one attached hydrogen (secondary N) is 3. The van der Waals surface area contributed by atoms with Crippen molar-refractivity contribution in [2.24, 2.45) is 0 Å². The van der Waals surface area contributed by atoms with Crippen molar-refractivity contribution in [1.82, 2.24) is 15.3 Å². The van der Waals surface area contributed by atoms with E-state index < -0.39 is 21.8 Å². The van der Waals surface area contributed by atoms with E-state index in [9.17, 15) is 18.0 Å². The summed E-state index contributed by atoms with van der Waals surface area (Å²) in [4.78, 5) is 35.0. The monoisotopic (exact) mass is 539 g/mol. The van der Waals surface area contributed by atoms with Crippen molar-refractivity contribution in [2.75, 3.05) is 10.0 Å². The van der Waals surface area contributed by atoms with Crippen LogP contribution in [0.3, 0.4) is 0 Å². The molecule has 0 aliphatic rings. The Balaban J connectivity index is 1.50. The van der Waals surface area contributed by atoms with Crippen LogP contribution in [-0.2, 0) is 14.8 Å². The Kier molecular flexibility index (Phi) is 7.58. The Hall–Kier alpha value is -3.87. The Bertz CT molecular complexity index is 1490. The first-order chi connectivity index (χ1) is 17.2. The predicted octanol–water partition coefficient (Wildman–Crippen LogP) is 4.43. The third kappa shape index (κ3) is 6.42. The van der Waals surface area contributed by atoms with Gasteiger partial charge in [0.15, 0.2) is 0 Å². The van der Waals surface area contributed by atoms with E-state index in [2.05, 4.69) is 25.3 Å². The maximum absolute atomic E-state index is 13.0. The summed E-state index contributed by atoms with van der Waals surface area (Å²) >= 11 is 2.68. The molecule has 12 heteroatoms. The number of sulfonamides is 1. The number of rotatable bonds is 8. The smallest absolute Gasteiger partial charge is 0.272 e. The number of benzene rings is 1. The van der Waals surface area contributed by atoms with Crippen LogP contribution in [0.15, 0.2) is 75.9 Å². The molecule has 0 unspecified atom stereocenters. The van der Waals surface area contributed by atoms with E-state index in [1.807, 2.05) is 17.5 Å². The molecule has 2 amide bonds. The highest BCUT2D eigenvalue weighted by Gasteiger charge is 2.18. The van der Waals surface area contributed by atoms with Gasteiger partial charge in [-0.05, 0) is 73.1 Å². The summed E-state index contributed by atoms with van der Waals surface area (Å²) in [6.45, 7) is 3.49.